The summed E-state index contributed by atoms with van der Waals surface area (Å²) in [6.45, 7) is 5.31. The van der Waals surface area contributed by atoms with E-state index in [1.165, 1.54) is 0 Å². The van der Waals surface area contributed by atoms with Crippen molar-refractivity contribution in [3.05, 3.63) is 0 Å². The molecule has 0 radical (unpaired) electrons. The van der Waals surface area contributed by atoms with Crippen LogP contribution in [0.15, 0.2) is 0 Å². The van der Waals surface area contributed by atoms with E-state index in [0.717, 1.165) is 19.5 Å². The van der Waals surface area contributed by atoms with Crippen LogP contribution in [0.5, 0.6) is 0 Å². The zero-order chi connectivity index (χ0) is 11.1. The molecule has 0 aliphatic rings. The Hall–Kier alpha value is -0.240. The van der Waals surface area contributed by atoms with Crippen molar-refractivity contribution in [3.63, 3.8) is 0 Å². The zero-order valence-corrected chi connectivity index (χ0v) is 8.95. The van der Waals surface area contributed by atoms with Crippen molar-refractivity contribution in [2.75, 3.05) is 39.9 Å². The highest BCUT2D eigenvalue weighted by Crippen LogP contribution is 1.73. The number of likely N-dealkylation sites (N-methyl/N-ethyl adjacent to an activating group) is 1. The van der Waals surface area contributed by atoms with Crippen LogP contribution in [0.2, 0.25) is 0 Å². The molecule has 0 aromatic carbocycles. The van der Waals surface area contributed by atoms with Crippen molar-refractivity contribution in [1.82, 2.24) is 10.6 Å². The van der Waals surface area contributed by atoms with Crippen LogP contribution in [0.4, 0.5) is 0 Å². The van der Waals surface area contributed by atoms with Crippen molar-refractivity contribution < 1.29 is 20.3 Å². The molecule has 0 aromatic rings. The standard InChI is InChI=1S/2C4H11NO2/c1-5-3-2-4-7-6;1-2-5-3-4-7-6/h2*5-6H,2-4H2,1H3. The highest BCUT2D eigenvalue weighted by Gasteiger charge is 1.80. The van der Waals surface area contributed by atoms with Crippen LogP contribution in [0.3, 0.4) is 0 Å². The lowest BCUT2D eigenvalue weighted by molar-refractivity contribution is -0.242. The van der Waals surface area contributed by atoms with Gasteiger partial charge in [0.15, 0.2) is 0 Å². The summed E-state index contributed by atoms with van der Waals surface area (Å²) in [6.07, 6.45) is 0.854. The van der Waals surface area contributed by atoms with Gasteiger partial charge in [-0.1, -0.05) is 6.92 Å². The van der Waals surface area contributed by atoms with Gasteiger partial charge in [0.2, 0.25) is 0 Å². The third-order valence-corrected chi connectivity index (χ3v) is 1.28. The van der Waals surface area contributed by atoms with Crippen LogP contribution in [-0.2, 0) is 9.78 Å². The van der Waals surface area contributed by atoms with E-state index in [-0.39, 0.29) is 0 Å². The van der Waals surface area contributed by atoms with E-state index in [2.05, 4.69) is 20.4 Å². The van der Waals surface area contributed by atoms with Gasteiger partial charge in [-0.2, -0.15) is 0 Å². The molecule has 0 fully saturated rings. The lowest BCUT2D eigenvalue weighted by atomic mass is 10.5. The van der Waals surface area contributed by atoms with E-state index < -0.39 is 0 Å². The average Bonchev–Trinajstić information content (AvgIpc) is 2.21. The number of rotatable bonds is 8. The first-order chi connectivity index (χ1) is 6.83. The molecule has 0 atom stereocenters. The lowest BCUT2D eigenvalue weighted by Gasteiger charge is -1.94. The SMILES string of the molecule is CCNCCOO.CNCCCOO. The fourth-order valence-electron chi connectivity index (χ4n) is 0.608. The monoisotopic (exact) mass is 210 g/mol. The zero-order valence-electron chi connectivity index (χ0n) is 8.95. The Labute approximate surface area is 85.1 Å². The molecule has 0 saturated carbocycles. The topological polar surface area (TPSA) is 83.0 Å². The second-order valence-electron chi connectivity index (χ2n) is 2.48. The van der Waals surface area contributed by atoms with Gasteiger partial charge in [0.1, 0.15) is 0 Å². The van der Waals surface area contributed by atoms with Crippen LogP contribution >= 0.6 is 0 Å². The summed E-state index contributed by atoms with van der Waals surface area (Å²) in [6, 6.07) is 0. The predicted molar refractivity (Wildman–Crippen MR) is 54.2 cm³/mol. The van der Waals surface area contributed by atoms with E-state index in [0.29, 0.717) is 19.8 Å². The van der Waals surface area contributed by atoms with Gasteiger partial charge < -0.3 is 10.6 Å². The van der Waals surface area contributed by atoms with Crippen molar-refractivity contribution in [2.24, 2.45) is 0 Å². The molecule has 0 rings (SSSR count). The molecule has 0 unspecified atom stereocenters. The molecule has 0 saturated heterocycles. The second-order valence-corrected chi connectivity index (χ2v) is 2.48. The number of nitrogens with one attached hydrogen (secondary N) is 2. The minimum absolute atomic E-state index is 0.369. The Balaban J connectivity index is 0. The minimum Gasteiger partial charge on any atom is -0.320 e. The van der Waals surface area contributed by atoms with E-state index in [1.54, 1.807) is 0 Å². The third kappa shape index (κ3) is 22.6. The summed E-state index contributed by atoms with van der Waals surface area (Å²) in [7, 11) is 1.86. The quantitative estimate of drug-likeness (QED) is 0.260. The summed E-state index contributed by atoms with van der Waals surface area (Å²) in [5, 5.41) is 21.4. The summed E-state index contributed by atoms with van der Waals surface area (Å²) in [5.74, 6) is 0. The molecular formula is C8H22N2O4. The molecule has 6 nitrogen and oxygen atoms in total. The molecular weight excluding hydrogens is 188 g/mol. The minimum atomic E-state index is 0.369. The van der Waals surface area contributed by atoms with Gasteiger partial charge in [-0.25, -0.2) is 9.78 Å². The van der Waals surface area contributed by atoms with E-state index in [4.69, 9.17) is 10.5 Å². The Morgan fingerprint density at radius 3 is 2.14 bits per heavy atom. The van der Waals surface area contributed by atoms with E-state index >= 15 is 0 Å². The molecule has 14 heavy (non-hydrogen) atoms. The van der Waals surface area contributed by atoms with Crippen LogP contribution in [-0.4, -0.2) is 50.4 Å². The molecule has 88 valence electrons. The summed E-state index contributed by atoms with van der Waals surface area (Å²) in [4.78, 5) is 7.59. The van der Waals surface area contributed by atoms with Crippen LogP contribution < -0.4 is 10.6 Å². The second kappa shape index (κ2) is 18.5. The van der Waals surface area contributed by atoms with E-state index in [9.17, 15) is 0 Å². The maximum absolute atomic E-state index is 7.77. The molecule has 6 heteroatoms. The van der Waals surface area contributed by atoms with Crippen molar-refractivity contribution in [3.8, 4) is 0 Å². The van der Waals surface area contributed by atoms with Crippen molar-refractivity contribution >= 4 is 0 Å². The summed E-state index contributed by atoms with van der Waals surface area (Å²) in [5.41, 5.74) is 0. The predicted octanol–water partition coefficient (Wildman–Crippen LogP) is 0.171. The molecule has 0 heterocycles. The largest absolute Gasteiger partial charge is 0.320 e. The molecule has 0 spiro atoms. The molecule has 0 amide bonds. The Morgan fingerprint density at radius 1 is 1.07 bits per heavy atom. The Morgan fingerprint density at radius 2 is 1.71 bits per heavy atom. The van der Waals surface area contributed by atoms with Gasteiger partial charge in [-0.15, -0.1) is 0 Å². The fourth-order valence-corrected chi connectivity index (χ4v) is 0.608. The van der Waals surface area contributed by atoms with Gasteiger partial charge in [0, 0.05) is 6.54 Å². The lowest BCUT2D eigenvalue weighted by Crippen LogP contribution is -2.17. The van der Waals surface area contributed by atoms with Gasteiger partial charge in [-0.05, 0) is 26.6 Å². The number of hydrogen-bond donors (Lipinski definition) is 4. The van der Waals surface area contributed by atoms with Crippen LogP contribution in [0.25, 0.3) is 0 Å². The van der Waals surface area contributed by atoms with Gasteiger partial charge in [-0.3, -0.25) is 10.5 Å². The average molecular weight is 210 g/mol. The normalized spacial score (nSPS) is 9.43. The first-order valence-corrected chi connectivity index (χ1v) is 4.71. The molecule has 0 aliphatic heterocycles. The Kier molecular flexibility index (Phi) is 21.4. The first-order valence-electron chi connectivity index (χ1n) is 4.71. The van der Waals surface area contributed by atoms with Gasteiger partial charge in [0.25, 0.3) is 0 Å². The van der Waals surface area contributed by atoms with Crippen molar-refractivity contribution in [2.45, 2.75) is 13.3 Å². The smallest absolute Gasteiger partial charge is 0.0944 e. The van der Waals surface area contributed by atoms with Gasteiger partial charge in [0.05, 0.1) is 13.2 Å². The molecule has 0 aliphatic carbocycles. The van der Waals surface area contributed by atoms with Gasteiger partial charge >= 0.3 is 0 Å². The molecule has 4 N–H and O–H groups in total. The summed E-state index contributed by atoms with van der Waals surface area (Å²) >= 11 is 0. The molecule has 0 aromatic heterocycles. The summed E-state index contributed by atoms with van der Waals surface area (Å²) < 4.78 is 0. The maximum Gasteiger partial charge on any atom is 0.0944 e. The highest BCUT2D eigenvalue weighted by atomic mass is 17.1. The number of hydrogen-bond acceptors (Lipinski definition) is 6. The first kappa shape index (κ1) is 16.2. The maximum atomic E-state index is 7.77. The van der Waals surface area contributed by atoms with Crippen LogP contribution in [0.1, 0.15) is 13.3 Å². The van der Waals surface area contributed by atoms with E-state index in [1.807, 2.05) is 14.0 Å². The third-order valence-electron chi connectivity index (χ3n) is 1.28. The highest BCUT2D eigenvalue weighted by molar-refractivity contribution is 4.36. The Bertz CT molecular complexity index is 67.7. The molecule has 0 bridgehead atoms. The van der Waals surface area contributed by atoms with Crippen molar-refractivity contribution in [1.29, 1.82) is 0 Å². The van der Waals surface area contributed by atoms with Crippen LogP contribution in [0, 0.1) is 0 Å². The fraction of sp³-hybridized carbons (Fsp3) is 1.00.